The molecule has 0 radical (unpaired) electrons. The number of hydrogen-bond donors (Lipinski definition) is 0. The molecule has 4 aromatic heterocycles. The predicted molar refractivity (Wildman–Crippen MR) is 197 cm³/mol. The fourth-order valence-corrected chi connectivity index (χ4v) is 6.48. The lowest BCUT2D eigenvalue weighted by Crippen LogP contribution is -2.29. The molecule has 4 heterocycles. The summed E-state index contributed by atoms with van der Waals surface area (Å²) in [7, 11) is 0. The average molecular weight is 644 g/mol. The van der Waals surface area contributed by atoms with Crippen LogP contribution in [0, 0.1) is 12.2 Å². The largest absolute Gasteiger partial charge is 0.458 e. The number of benzene rings is 4. The zero-order valence-corrected chi connectivity index (χ0v) is 28.3. The van der Waals surface area contributed by atoms with Crippen LogP contribution in [0.25, 0.3) is 50.2 Å². The average Bonchev–Trinajstić information content (AvgIpc) is 3.68. The van der Waals surface area contributed by atoms with Gasteiger partial charge in [0.2, 0.25) is 0 Å². The van der Waals surface area contributed by atoms with Crippen molar-refractivity contribution < 1.29 is 12.0 Å². The quantitative estimate of drug-likeness (QED) is 0.128. The molecule has 0 amide bonds. The first-order valence-corrected chi connectivity index (χ1v) is 16.7. The van der Waals surface area contributed by atoms with Crippen LogP contribution in [-0.2, 0) is 11.8 Å². The molecule has 6 heteroatoms. The molecule has 0 N–H and O–H groups in total. The van der Waals surface area contributed by atoms with Crippen molar-refractivity contribution in [2.45, 2.75) is 46.4 Å². The SMILES string of the molecule is [2H]C([2H])(c1cccc(-[n+]2[c-]n(-c3cc(Oc4ccc5c6ccccc6n(-c6cc(C(C)(C)C)ccn6)c5c4)ccn3)c3ccccc32)c1)C(C)C. The van der Waals surface area contributed by atoms with E-state index in [2.05, 4.69) is 80.2 Å². The third kappa shape index (κ3) is 5.73. The number of fused-ring (bicyclic) bond motifs is 4. The van der Waals surface area contributed by atoms with Crippen molar-refractivity contribution in [1.29, 1.82) is 0 Å². The van der Waals surface area contributed by atoms with E-state index in [9.17, 15) is 0 Å². The molecule has 0 aliphatic rings. The minimum absolute atomic E-state index is 0.0148. The van der Waals surface area contributed by atoms with Crippen molar-refractivity contribution in [2.75, 3.05) is 0 Å². The third-order valence-electron chi connectivity index (χ3n) is 8.79. The molecule has 0 bridgehead atoms. The number of ether oxygens (including phenoxy) is 1. The molecule has 0 fully saturated rings. The Morgan fingerprint density at radius 1 is 0.735 bits per heavy atom. The molecule has 0 atom stereocenters. The van der Waals surface area contributed by atoms with E-state index in [1.54, 1.807) is 6.20 Å². The van der Waals surface area contributed by atoms with E-state index in [4.69, 9.17) is 17.4 Å². The lowest BCUT2D eigenvalue weighted by molar-refractivity contribution is -0.572. The summed E-state index contributed by atoms with van der Waals surface area (Å²) in [5, 5.41) is 2.28. The minimum atomic E-state index is -1.47. The zero-order valence-electron chi connectivity index (χ0n) is 30.3. The van der Waals surface area contributed by atoms with Crippen LogP contribution in [0.15, 0.2) is 128 Å². The van der Waals surface area contributed by atoms with Crippen LogP contribution in [0.3, 0.4) is 0 Å². The normalized spacial score (nSPS) is 12.9. The number of nitrogens with zero attached hydrogens (tertiary/aromatic N) is 5. The Morgan fingerprint density at radius 3 is 2.31 bits per heavy atom. The highest BCUT2D eigenvalue weighted by Gasteiger charge is 2.19. The molecule has 8 rings (SSSR count). The van der Waals surface area contributed by atoms with Crippen molar-refractivity contribution in [2.24, 2.45) is 5.92 Å². The van der Waals surface area contributed by atoms with Gasteiger partial charge in [-0.1, -0.05) is 94.8 Å². The van der Waals surface area contributed by atoms with Gasteiger partial charge < -0.3 is 4.74 Å². The molecule has 242 valence electrons. The monoisotopic (exact) mass is 643 g/mol. The van der Waals surface area contributed by atoms with Gasteiger partial charge in [0.05, 0.1) is 27.8 Å². The topological polar surface area (TPSA) is 48.8 Å². The van der Waals surface area contributed by atoms with Gasteiger partial charge in [0, 0.05) is 38.0 Å². The summed E-state index contributed by atoms with van der Waals surface area (Å²) >= 11 is 0. The maximum Gasteiger partial charge on any atom is 0.271 e. The van der Waals surface area contributed by atoms with E-state index in [0.29, 0.717) is 22.9 Å². The summed E-state index contributed by atoms with van der Waals surface area (Å²) in [6.07, 6.45) is 5.65. The second kappa shape index (κ2) is 12.0. The lowest BCUT2D eigenvalue weighted by Gasteiger charge is -2.20. The third-order valence-corrected chi connectivity index (χ3v) is 8.79. The molecule has 0 saturated carbocycles. The number of imidazole rings is 1. The Balaban J connectivity index is 1.19. The summed E-state index contributed by atoms with van der Waals surface area (Å²) in [5.74, 6) is 2.68. The minimum Gasteiger partial charge on any atom is -0.458 e. The molecule has 0 spiro atoms. The van der Waals surface area contributed by atoms with Crippen molar-refractivity contribution in [3.05, 3.63) is 145 Å². The van der Waals surface area contributed by atoms with Crippen molar-refractivity contribution in [3.8, 4) is 28.8 Å². The van der Waals surface area contributed by atoms with E-state index < -0.39 is 6.37 Å². The highest BCUT2D eigenvalue weighted by molar-refractivity contribution is 6.09. The first-order chi connectivity index (χ1) is 24.5. The molecule has 0 saturated heterocycles. The number of para-hydroxylation sites is 3. The Labute approximate surface area is 289 Å². The first kappa shape index (κ1) is 28.3. The van der Waals surface area contributed by atoms with Gasteiger partial charge in [0.1, 0.15) is 17.3 Å². The predicted octanol–water partition coefficient (Wildman–Crippen LogP) is 9.88. The van der Waals surface area contributed by atoms with Crippen molar-refractivity contribution in [1.82, 2.24) is 19.1 Å². The molecule has 49 heavy (non-hydrogen) atoms. The highest BCUT2D eigenvalue weighted by Crippen LogP contribution is 2.36. The Hall–Kier alpha value is -5.75. The number of hydrogen-bond acceptors (Lipinski definition) is 3. The van der Waals surface area contributed by atoms with Crippen LogP contribution in [0.1, 0.15) is 48.5 Å². The molecule has 0 aliphatic heterocycles. The van der Waals surface area contributed by atoms with Crippen LogP contribution >= 0.6 is 0 Å². The van der Waals surface area contributed by atoms with Crippen molar-refractivity contribution >= 4 is 32.8 Å². The van der Waals surface area contributed by atoms with Crippen LogP contribution in [0.5, 0.6) is 11.5 Å². The van der Waals surface area contributed by atoms with Gasteiger partial charge in [-0.2, -0.15) is 0 Å². The Bertz CT molecular complexity index is 2580. The second-order valence-corrected chi connectivity index (χ2v) is 13.7. The van der Waals surface area contributed by atoms with Crippen molar-refractivity contribution in [3.63, 3.8) is 0 Å². The van der Waals surface area contributed by atoms with Gasteiger partial charge in [-0.25, -0.2) is 4.98 Å². The fourth-order valence-electron chi connectivity index (χ4n) is 6.48. The Kier molecular flexibility index (Phi) is 6.95. The summed E-state index contributed by atoms with van der Waals surface area (Å²) in [6, 6.07) is 38.3. The van der Waals surface area contributed by atoms with Crippen LogP contribution in [-0.4, -0.2) is 19.1 Å². The number of pyridine rings is 2. The van der Waals surface area contributed by atoms with Gasteiger partial charge in [-0.05, 0) is 71.8 Å². The molecule has 0 aliphatic carbocycles. The van der Waals surface area contributed by atoms with Gasteiger partial charge in [-0.15, -0.1) is 0 Å². The van der Waals surface area contributed by atoms with Crippen LogP contribution in [0.4, 0.5) is 0 Å². The Morgan fingerprint density at radius 2 is 1.47 bits per heavy atom. The summed E-state index contributed by atoms with van der Waals surface area (Å²) in [4.78, 5) is 9.53. The summed E-state index contributed by atoms with van der Waals surface area (Å²) in [5.41, 5.74) is 6.60. The van der Waals surface area contributed by atoms with Gasteiger partial charge in [0.15, 0.2) is 5.82 Å². The van der Waals surface area contributed by atoms with E-state index >= 15 is 0 Å². The summed E-state index contributed by atoms with van der Waals surface area (Å²) in [6.45, 7) is 10.5. The maximum absolute atomic E-state index is 8.67. The smallest absolute Gasteiger partial charge is 0.271 e. The highest BCUT2D eigenvalue weighted by atomic mass is 16.5. The van der Waals surface area contributed by atoms with Gasteiger partial charge >= 0.3 is 0 Å². The van der Waals surface area contributed by atoms with E-state index in [1.807, 2.05) is 95.9 Å². The molecule has 8 aromatic rings. The molecular weight excluding hydrogens is 603 g/mol. The van der Waals surface area contributed by atoms with Gasteiger partial charge in [0.25, 0.3) is 6.33 Å². The number of rotatable bonds is 7. The zero-order chi connectivity index (χ0) is 35.5. The first-order valence-electron chi connectivity index (χ1n) is 17.7. The molecule has 4 aromatic carbocycles. The standard InChI is InChI=1S/C43H39N5O/c1-29(2)23-30-11-10-12-32(24-30)46-28-47(39-16-9-8-15-38(39)46)41-27-34(20-22-44-41)49-33-17-18-36-35-13-6-7-14-37(35)48(40(36)26-33)42-25-31(19-21-45-42)43(3,4)5/h6-22,24-27,29H,23H2,1-5H3/i23D2. The summed E-state index contributed by atoms with van der Waals surface area (Å²) < 4.78 is 30.0. The lowest BCUT2D eigenvalue weighted by atomic mass is 9.88. The maximum atomic E-state index is 8.67. The van der Waals surface area contributed by atoms with E-state index in [-0.39, 0.29) is 11.3 Å². The van der Waals surface area contributed by atoms with Crippen LogP contribution < -0.4 is 9.30 Å². The van der Waals surface area contributed by atoms with E-state index in [0.717, 1.165) is 44.3 Å². The molecular formula is C43H39N5O. The molecule has 6 nitrogen and oxygen atoms in total. The number of aromatic nitrogens is 5. The molecule has 0 unspecified atom stereocenters. The fraction of sp³-hybridized carbons (Fsp3) is 0.186. The van der Waals surface area contributed by atoms with Gasteiger partial charge in [-0.3, -0.25) is 18.7 Å². The second-order valence-electron chi connectivity index (χ2n) is 13.7. The van der Waals surface area contributed by atoms with Crippen LogP contribution in [0.2, 0.25) is 0 Å². The van der Waals surface area contributed by atoms with E-state index in [1.165, 1.54) is 5.56 Å².